The number of carbonyl (C=O) groups excluding carboxylic acids is 2. The summed E-state index contributed by atoms with van der Waals surface area (Å²) in [6.07, 6.45) is 2.55. The van der Waals surface area contributed by atoms with Crippen LogP contribution in [0, 0.1) is 0 Å². The number of benzene rings is 1. The molecule has 3 aromatic heterocycles. The molecule has 0 bridgehead atoms. The van der Waals surface area contributed by atoms with Gasteiger partial charge in [-0.15, -0.1) is 11.3 Å². The molecule has 0 radical (unpaired) electrons. The maximum absolute atomic E-state index is 13.0. The highest BCUT2D eigenvalue weighted by Crippen LogP contribution is 2.39. The summed E-state index contributed by atoms with van der Waals surface area (Å²) in [5.74, 6) is 1.39. The van der Waals surface area contributed by atoms with Crippen molar-refractivity contribution >= 4 is 63.0 Å². The first-order chi connectivity index (χ1) is 18.4. The van der Waals surface area contributed by atoms with Gasteiger partial charge in [-0.1, -0.05) is 6.92 Å². The van der Waals surface area contributed by atoms with E-state index in [4.69, 9.17) is 9.72 Å². The van der Waals surface area contributed by atoms with Crippen molar-refractivity contribution in [3.05, 3.63) is 46.3 Å². The van der Waals surface area contributed by atoms with E-state index >= 15 is 0 Å². The second-order valence-electron chi connectivity index (χ2n) is 8.94. The van der Waals surface area contributed by atoms with Crippen LogP contribution in [-0.4, -0.2) is 72.5 Å². The van der Waals surface area contributed by atoms with Crippen LogP contribution in [0.2, 0.25) is 0 Å². The zero-order valence-electron chi connectivity index (χ0n) is 21.7. The first kappa shape index (κ1) is 25.5. The summed E-state index contributed by atoms with van der Waals surface area (Å²) in [5, 5.41) is 11.9. The topological polar surface area (TPSA) is 128 Å². The maximum atomic E-state index is 13.0. The lowest BCUT2D eigenvalue weighted by molar-refractivity contribution is -0.119. The second kappa shape index (κ2) is 10.7. The molecule has 1 aromatic carbocycles. The van der Waals surface area contributed by atoms with Crippen molar-refractivity contribution in [3.63, 3.8) is 0 Å². The van der Waals surface area contributed by atoms with Crippen molar-refractivity contribution in [2.45, 2.75) is 13.3 Å². The van der Waals surface area contributed by atoms with Gasteiger partial charge in [0.2, 0.25) is 11.9 Å². The van der Waals surface area contributed by atoms with Gasteiger partial charge in [0.1, 0.15) is 22.1 Å². The summed E-state index contributed by atoms with van der Waals surface area (Å²) in [7, 11) is 5.15. The van der Waals surface area contributed by atoms with E-state index in [0.29, 0.717) is 52.5 Å². The minimum Gasteiger partial charge on any atom is -0.495 e. The van der Waals surface area contributed by atoms with Crippen LogP contribution in [0.3, 0.4) is 0 Å². The average Bonchev–Trinajstić information content (AvgIpc) is 3.67. The highest BCUT2D eigenvalue weighted by Gasteiger charge is 2.27. The average molecular weight is 535 g/mol. The number of aromatic nitrogens is 3. The number of hydrogen-bond acceptors (Lipinski definition) is 9. The normalized spacial score (nSPS) is 12.6. The van der Waals surface area contributed by atoms with Crippen molar-refractivity contribution in [2.24, 2.45) is 0 Å². The summed E-state index contributed by atoms with van der Waals surface area (Å²) in [6, 6.07) is 7.60. The quantitative estimate of drug-likeness (QED) is 0.256. The van der Waals surface area contributed by atoms with Gasteiger partial charge in [0.25, 0.3) is 5.91 Å². The van der Waals surface area contributed by atoms with Crippen molar-refractivity contribution in [1.29, 1.82) is 0 Å². The molecule has 0 saturated heterocycles. The first-order valence-corrected chi connectivity index (χ1v) is 13.2. The molecule has 4 aromatic rings. The number of H-pyrrole nitrogens is 1. The summed E-state index contributed by atoms with van der Waals surface area (Å²) < 4.78 is 5.67. The molecule has 1 aliphatic heterocycles. The molecule has 4 N–H and O–H groups in total. The lowest BCUT2D eigenvalue weighted by Gasteiger charge is -2.22. The Morgan fingerprint density at radius 1 is 1.21 bits per heavy atom. The van der Waals surface area contributed by atoms with Crippen LogP contribution in [0.5, 0.6) is 5.75 Å². The fourth-order valence-electron chi connectivity index (χ4n) is 4.41. The Labute approximate surface area is 224 Å². The van der Waals surface area contributed by atoms with Gasteiger partial charge in [-0.2, -0.15) is 9.97 Å². The monoisotopic (exact) mass is 534 g/mol. The highest BCUT2D eigenvalue weighted by molar-refractivity contribution is 7.12. The fraction of sp³-hybridized carbons (Fsp3) is 0.308. The second-order valence-corrected chi connectivity index (χ2v) is 9.85. The van der Waals surface area contributed by atoms with Gasteiger partial charge in [-0.05, 0) is 55.2 Å². The number of nitrogens with one attached hydrogen (secondary N) is 4. The van der Waals surface area contributed by atoms with Crippen LogP contribution in [0.15, 0.2) is 35.8 Å². The Morgan fingerprint density at radius 2 is 2.05 bits per heavy atom. The number of hydrogen-bond donors (Lipinski definition) is 4. The smallest absolute Gasteiger partial charge is 0.263 e. The Hall–Kier alpha value is -4.16. The van der Waals surface area contributed by atoms with E-state index < -0.39 is 0 Å². The standard InChI is InChI=1S/C26H30N8O3S/c1-5-33(3)14-21(35)34-10-7-15-12-20(37-4)18(13-19(15)34)30-26-31-23-16(6-9-28-23)24(32-26)29-17-8-11-38-22(17)25(36)27-2/h6,8-9,11-13H,5,7,10,14H2,1-4H3,(H,27,36)(H3,28,29,30,31,32). The van der Waals surface area contributed by atoms with Gasteiger partial charge in [-0.25, -0.2) is 0 Å². The molecule has 12 heteroatoms. The lowest BCUT2D eigenvalue weighted by Crippen LogP contribution is -2.38. The van der Waals surface area contributed by atoms with Gasteiger partial charge in [0.15, 0.2) is 0 Å². The molecule has 0 spiro atoms. The number of fused-ring (bicyclic) bond motifs is 2. The van der Waals surface area contributed by atoms with E-state index in [9.17, 15) is 9.59 Å². The molecule has 198 valence electrons. The SMILES string of the molecule is CCN(C)CC(=O)N1CCc2cc(OC)c(Nc3nc(Nc4ccsc4C(=O)NC)c4cc[nH]c4n3)cc21. The van der Waals surface area contributed by atoms with E-state index in [0.717, 1.165) is 29.6 Å². The Balaban J connectivity index is 1.48. The third kappa shape index (κ3) is 4.87. The number of amides is 2. The van der Waals surface area contributed by atoms with Crippen molar-refractivity contribution < 1.29 is 14.3 Å². The van der Waals surface area contributed by atoms with Crippen molar-refractivity contribution in [2.75, 3.05) is 56.4 Å². The number of anilines is 5. The third-order valence-electron chi connectivity index (χ3n) is 6.56. The Kier molecular flexibility index (Phi) is 7.16. The number of methoxy groups -OCH3 is 1. The van der Waals surface area contributed by atoms with Gasteiger partial charge < -0.3 is 30.6 Å². The molecule has 0 saturated carbocycles. The molecule has 0 fully saturated rings. The Bertz CT molecular complexity index is 1500. The van der Waals surface area contributed by atoms with E-state index in [1.54, 1.807) is 20.4 Å². The summed E-state index contributed by atoms with van der Waals surface area (Å²) in [4.78, 5) is 42.1. The first-order valence-electron chi connectivity index (χ1n) is 12.3. The van der Waals surface area contributed by atoms with Gasteiger partial charge in [0, 0.05) is 25.5 Å². The molecular weight excluding hydrogens is 504 g/mol. The van der Waals surface area contributed by atoms with E-state index in [1.165, 1.54) is 11.3 Å². The largest absolute Gasteiger partial charge is 0.495 e. The van der Waals surface area contributed by atoms with Crippen LogP contribution in [-0.2, 0) is 11.2 Å². The van der Waals surface area contributed by atoms with Crippen molar-refractivity contribution in [1.82, 2.24) is 25.2 Å². The maximum Gasteiger partial charge on any atom is 0.263 e. The van der Waals surface area contributed by atoms with Crippen LogP contribution in [0.1, 0.15) is 22.2 Å². The highest BCUT2D eigenvalue weighted by atomic mass is 32.1. The van der Waals surface area contributed by atoms with E-state index in [2.05, 4.69) is 25.9 Å². The molecule has 38 heavy (non-hydrogen) atoms. The van der Waals surface area contributed by atoms with Crippen molar-refractivity contribution in [3.8, 4) is 5.75 Å². The number of rotatable bonds is 9. The summed E-state index contributed by atoms with van der Waals surface area (Å²) in [6.45, 7) is 3.81. The number of carbonyl (C=O) groups is 2. The number of aromatic amines is 1. The van der Waals surface area contributed by atoms with Gasteiger partial charge in [-0.3, -0.25) is 14.5 Å². The predicted molar refractivity (Wildman–Crippen MR) is 150 cm³/mol. The van der Waals surface area contributed by atoms with Crippen LogP contribution < -0.4 is 25.6 Å². The molecule has 1 aliphatic rings. The zero-order chi connectivity index (χ0) is 26.8. The van der Waals surface area contributed by atoms with Gasteiger partial charge in [0.05, 0.1) is 30.4 Å². The fourth-order valence-corrected chi connectivity index (χ4v) is 5.20. The predicted octanol–water partition coefficient (Wildman–Crippen LogP) is 3.72. The number of likely N-dealkylation sites (N-methyl/N-ethyl adjacent to an activating group) is 1. The molecule has 0 unspecified atom stereocenters. The molecule has 2 amide bonds. The van der Waals surface area contributed by atoms with E-state index in [1.807, 2.05) is 53.4 Å². The number of thiophene rings is 1. The molecule has 11 nitrogen and oxygen atoms in total. The van der Waals surface area contributed by atoms with E-state index in [-0.39, 0.29) is 11.8 Å². The third-order valence-corrected chi connectivity index (χ3v) is 7.47. The summed E-state index contributed by atoms with van der Waals surface area (Å²) in [5.41, 5.74) is 3.84. The molecule has 0 atom stereocenters. The van der Waals surface area contributed by atoms with Gasteiger partial charge >= 0.3 is 0 Å². The van der Waals surface area contributed by atoms with Crippen LogP contribution in [0.25, 0.3) is 11.0 Å². The molecular formula is C26H30N8O3S. The molecule has 5 rings (SSSR count). The molecule has 0 aliphatic carbocycles. The minimum atomic E-state index is -0.174. The number of nitrogens with zero attached hydrogens (tertiary/aromatic N) is 4. The number of ether oxygens (including phenoxy) is 1. The Morgan fingerprint density at radius 3 is 2.82 bits per heavy atom. The zero-order valence-corrected chi connectivity index (χ0v) is 22.5. The molecule has 4 heterocycles. The van der Waals surface area contributed by atoms with Crippen LogP contribution in [0.4, 0.5) is 28.8 Å². The van der Waals surface area contributed by atoms with Crippen LogP contribution >= 0.6 is 11.3 Å². The minimum absolute atomic E-state index is 0.0578. The summed E-state index contributed by atoms with van der Waals surface area (Å²) >= 11 is 1.35. The lowest BCUT2D eigenvalue weighted by atomic mass is 10.1.